The van der Waals surface area contributed by atoms with Gasteiger partial charge >= 0.3 is 11.7 Å². The van der Waals surface area contributed by atoms with Crippen LogP contribution >= 0.6 is 0 Å². The highest BCUT2D eigenvalue weighted by molar-refractivity contribution is 5.66. The molecule has 1 rings (SSSR count). The number of aliphatic imine (C=N–C) groups is 1. The van der Waals surface area contributed by atoms with E-state index in [2.05, 4.69) is 4.99 Å². The number of nitrogens with zero attached hydrogens (tertiary/aromatic N) is 3. The summed E-state index contributed by atoms with van der Waals surface area (Å²) in [4.78, 5) is 38.8. The highest BCUT2D eigenvalue weighted by atomic mass is 16.4. The second kappa shape index (κ2) is 8.45. The zero-order chi connectivity index (χ0) is 17.6. The number of hydrogen-bond donors (Lipinski definition) is 1. The van der Waals surface area contributed by atoms with Crippen LogP contribution in [0.2, 0.25) is 0 Å². The summed E-state index contributed by atoms with van der Waals surface area (Å²) in [6.07, 6.45) is 5.10. The first kappa shape index (κ1) is 18.9. The average molecular weight is 323 g/mol. The molecule has 7 nitrogen and oxygen atoms in total. The van der Waals surface area contributed by atoms with Gasteiger partial charge in [0.05, 0.1) is 5.56 Å². The summed E-state index contributed by atoms with van der Waals surface area (Å²) in [5, 5.41) is 8.63. The van der Waals surface area contributed by atoms with E-state index in [1.807, 2.05) is 6.92 Å². The Hall–Kier alpha value is -2.18. The molecule has 0 aliphatic rings. The van der Waals surface area contributed by atoms with Gasteiger partial charge in [-0.15, -0.1) is 0 Å². The van der Waals surface area contributed by atoms with E-state index in [1.165, 1.54) is 11.6 Å². The normalized spacial score (nSPS) is 12.7. The predicted molar refractivity (Wildman–Crippen MR) is 89.7 cm³/mol. The van der Waals surface area contributed by atoms with Gasteiger partial charge in [0.25, 0.3) is 5.56 Å². The zero-order valence-corrected chi connectivity index (χ0v) is 14.2. The first-order valence-electron chi connectivity index (χ1n) is 7.82. The molecule has 0 saturated heterocycles. The Morgan fingerprint density at radius 3 is 2.48 bits per heavy atom. The van der Waals surface area contributed by atoms with E-state index in [9.17, 15) is 14.4 Å². The number of hydrogen-bond acceptors (Lipinski definition) is 4. The van der Waals surface area contributed by atoms with E-state index in [-0.39, 0.29) is 17.9 Å². The number of carboxylic acid groups (broad SMARTS) is 1. The van der Waals surface area contributed by atoms with E-state index in [4.69, 9.17) is 5.11 Å². The van der Waals surface area contributed by atoms with Crippen molar-refractivity contribution in [2.24, 2.45) is 25.0 Å². The van der Waals surface area contributed by atoms with Crippen molar-refractivity contribution >= 4 is 18.0 Å². The largest absolute Gasteiger partial charge is 0.481 e. The molecular formula is C16H25N3O4. The zero-order valence-electron chi connectivity index (χ0n) is 14.2. The number of unbranched alkanes of at least 4 members (excludes halogenated alkanes) is 1. The highest BCUT2D eigenvalue weighted by Crippen LogP contribution is 2.15. The molecule has 1 unspecified atom stereocenters. The van der Waals surface area contributed by atoms with Crippen molar-refractivity contribution in [2.75, 3.05) is 0 Å². The van der Waals surface area contributed by atoms with Crippen molar-refractivity contribution < 1.29 is 9.90 Å². The Kier molecular flexibility index (Phi) is 6.93. The van der Waals surface area contributed by atoms with Gasteiger partial charge in [-0.3, -0.25) is 18.7 Å². The van der Waals surface area contributed by atoms with E-state index in [0.29, 0.717) is 17.8 Å². The van der Waals surface area contributed by atoms with Gasteiger partial charge in [-0.05, 0) is 32.1 Å². The maximum Gasteiger partial charge on any atom is 0.332 e. The van der Waals surface area contributed by atoms with Gasteiger partial charge in [-0.2, -0.15) is 0 Å². The van der Waals surface area contributed by atoms with Crippen LogP contribution in [-0.4, -0.2) is 26.4 Å². The fraction of sp³-hybridized carbons (Fsp3) is 0.625. The lowest BCUT2D eigenvalue weighted by molar-refractivity contribution is -0.137. The first-order chi connectivity index (χ1) is 10.8. The monoisotopic (exact) mass is 323 g/mol. The Morgan fingerprint density at radius 2 is 1.91 bits per heavy atom. The SMILES string of the molecule is CCC(C=Nc1c(C)c(=O)n(C)c(=O)n1C)CCCCC(=O)O. The van der Waals surface area contributed by atoms with Crippen LogP contribution in [0.4, 0.5) is 5.82 Å². The molecule has 0 aliphatic heterocycles. The van der Waals surface area contributed by atoms with E-state index in [0.717, 1.165) is 23.8 Å². The molecule has 7 heteroatoms. The van der Waals surface area contributed by atoms with Gasteiger partial charge < -0.3 is 5.11 Å². The molecule has 0 fully saturated rings. The Labute approximate surface area is 135 Å². The van der Waals surface area contributed by atoms with Crippen LogP contribution in [0.1, 0.15) is 44.6 Å². The predicted octanol–water partition coefficient (Wildman–Crippen LogP) is 1.77. The maximum atomic E-state index is 12.0. The Morgan fingerprint density at radius 1 is 1.26 bits per heavy atom. The van der Waals surface area contributed by atoms with E-state index in [1.54, 1.807) is 20.2 Å². The summed E-state index contributed by atoms with van der Waals surface area (Å²) in [6.45, 7) is 3.69. The molecule has 0 aliphatic carbocycles. The minimum atomic E-state index is -0.780. The summed E-state index contributed by atoms with van der Waals surface area (Å²) >= 11 is 0. The lowest BCUT2D eigenvalue weighted by atomic mass is 10.00. The third-order valence-corrected chi connectivity index (χ3v) is 4.00. The molecule has 0 aromatic carbocycles. The molecule has 128 valence electrons. The molecule has 0 radical (unpaired) electrons. The lowest BCUT2D eigenvalue weighted by Crippen LogP contribution is -2.38. The van der Waals surface area contributed by atoms with Crippen molar-refractivity contribution in [3.63, 3.8) is 0 Å². The second-order valence-electron chi connectivity index (χ2n) is 5.74. The number of carboxylic acids is 1. The van der Waals surface area contributed by atoms with Gasteiger partial charge in [-0.25, -0.2) is 9.79 Å². The molecule has 1 aromatic rings. The van der Waals surface area contributed by atoms with Crippen molar-refractivity contribution in [2.45, 2.75) is 46.0 Å². The number of aliphatic carboxylic acids is 1. The summed E-state index contributed by atoms with van der Waals surface area (Å²) in [7, 11) is 3.04. The second-order valence-corrected chi connectivity index (χ2v) is 5.74. The van der Waals surface area contributed by atoms with Crippen molar-refractivity contribution in [1.82, 2.24) is 9.13 Å². The molecule has 1 atom stereocenters. The molecular weight excluding hydrogens is 298 g/mol. The van der Waals surface area contributed by atoms with Crippen LogP contribution in [0.5, 0.6) is 0 Å². The fourth-order valence-corrected chi connectivity index (χ4v) is 2.43. The summed E-state index contributed by atoms with van der Waals surface area (Å²) in [5.74, 6) is -0.207. The van der Waals surface area contributed by atoms with Crippen LogP contribution in [0.25, 0.3) is 0 Å². The van der Waals surface area contributed by atoms with E-state index < -0.39 is 11.7 Å². The Bertz CT molecular complexity index is 663. The molecule has 1 N–H and O–H groups in total. The van der Waals surface area contributed by atoms with Crippen molar-refractivity contribution in [1.29, 1.82) is 0 Å². The summed E-state index contributed by atoms with van der Waals surface area (Å²) in [6, 6.07) is 0. The third kappa shape index (κ3) is 4.91. The van der Waals surface area contributed by atoms with Crippen LogP contribution in [0.3, 0.4) is 0 Å². The number of carbonyl (C=O) groups is 1. The maximum absolute atomic E-state index is 12.0. The topological polar surface area (TPSA) is 93.7 Å². The summed E-state index contributed by atoms with van der Waals surface area (Å²) in [5.41, 5.74) is -0.302. The van der Waals surface area contributed by atoms with Gasteiger partial charge in [0.1, 0.15) is 5.82 Å². The first-order valence-corrected chi connectivity index (χ1v) is 7.82. The van der Waals surface area contributed by atoms with Crippen LogP contribution in [0, 0.1) is 12.8 Å². The highest BCUT2D eigenvalue weighted by Gasteiger charge is 2.11. The van der Waals surface area contributed by atoms with Crippen LogP contribution in [-0.2, 0) is 18.9 Å². The number of aromatic nitrogens is 2. The van der Waals surface area contributed by atoms with Gasteiger partial charge in [0.15, 0.2) is 0 Å². The van der Waals surface area contributed by atoms with Crippen LogP contribution < -0.4 is 11.2 Å². The molecule has 23 heavy (non-hydrogen) atoms. The smallest absolute Gasteiger partial charge is 0.332 e. The molecule has 0 spiro atoms. The molecule has 0 saturated carbocycles. The van der Waals surface area contributed by atoms with Gasteiger partial charge in [-0.1, -0.05) is 13.3 Å². The average Bonchev–Trinajstić information content (AvgIpc) is 2.52. The minimum Gasteiger partial charge on any atom is -0.481 e. The lowest BCUT2D eigenvalue weighted by Gasteiger charge is -2.11. The fourth-order valence-electron chi connectivity index (χ4n) is 2.43. The standard InChI is InChI=1S/C16H25N3O4/c1-5-12(8-6-7-9-13(20)21)10-17-14-11(2)15(22)19(4)16(23)18(14)3/h10,12H,5-9H2,1-4H3,(H,20,21). The van der Waals surface area contributed by atoms with Gasteiger partial charge in [0.2, 0.25) is 0 Å². The van der Waals surface area contributed by atoms with Crippen molar-refractivity contribution in [3.8, 4) is 0 Å². The molecule has 1 aromatic heterocycles. The van der Waals surface area contributed by atoms with E-state index >= 15 is 0 Å². The quantitative estimate of drug-likeness (QED) is 0.583. The number of rotatable bonds is 8. The molecule has 0 amide bonds. The van der Waals surface area contributed by atoms with Crippen LogP contribution in [0.15, 0.2) is 14.6 Å². The molecule has 1 heterocycles. The molecule has 0 bridgehead atoms. The minimum absolute atomic E-state index is 0.177. The van der Waals surface area contributed by atoms with Gasteiger partial charge in [0, 0.05) is 26.7 Å². The Balaban J connectivity index is 2.89. The van der Waals surface area contributed by atoms with Crippen molar-refractivity contribution in [3.05, 3.63) is 26.4 Å². The third-order valence-electron chi connectivity index (χ3n) is 4.00. The summed E-state index contributed by atoms with van der Waals surface area (Å²) < 4.78 is 2.43.